The van der Waals surface area contributed by atoms with Gasteiger partial charge >= 0.3 is 5.95 Å². The molecule has 0 saturated heterocycles. The van der Waals surface area contributed by atoms with Crippen molar-refractivity contribution in [2.75, 3.05) is 26.6 Å². The van der Waals surface area contributed by atoms with Crippen molar-refractivity contribution in [3.63, 3.8) is 0 Å². The molecule has 0 aliphatic rings. The molecule has 0 saturated carbocycles. The molecule has 0 unspecified atom stereocenters. The quantitative estimate of drug-likeness (QED) is 0.106. The lowest BCUT2D eigenvalue weighted by molar-refractivity contribution is -0.0845. The second-order valence-corrected chi connectivity index (χ2v) is 7.51. The molecule has 0 aromatic heterocycles. The third-order valence-electron chi connectivity index (χ3n) is 4.63. The van der Waals surface area contributed by atoms with Gasteiger partial charge in [-0.15, -0.1) is 0 Å². The van der Waals surface area contributed by atoms with Gasteiger partial charge < -0.3 is 18.9 Å². The zero-order valence-corrected chi connectivity index (χ0v) is 19.4. The van der Waals surface area contributed by atoms with Crippen LogP contribution in [0.15, 0.2) is 11.7 Å². The van der Waals surface area contributed by atoms with Crippen LogP contribution >= 0.6 is 0 Å². The van der Waals surface area contributed by atoms with Crippen molar-refractivity contribution in [2.45, 2.75) is 118 Å². The van der Waals surface area contributed by atoms with Gasteiger partial charge in [0.2, 0.25) is 0 Å². The highest BCUT2D eigenvalue weighted by Crippen LogP contribution is 2.18. The van der Waals surface area contributed by atoms with E-state index in [-0.39, 0.29) is 6.79 Å². The number of hydrogen-bond donors (Lipinski definition) is 0. The number of allylic oxidation sites excluding steroid dienone is 1. The third kappa shape index (κ3) is 17.2. The molecule has 28 heavy (non-hydrogen) atoms. The predicted octanol–water partition coefficient (Wildman–Crippen LogP) is 7.72. The van der Waals surface area contributed by atoms with Crippen molar-refractivity contribution in [3.05, 3.63) is 11.7 Å². The van der Waals surface area contributed by atoms with Crippen molar-refractivity contribution in [1.29, 1.82) is 0 Å². The molecule has 168 valence electrons. The standard InChI is InChI=1S/C24H48O4/c1-5-9-12-15-19-25-22-28-24(27-21-17-14-11-7-3)23(18-8-4)26-20-16-13-10-6-2/h5-22H2,1-4H3. The van der Waals surface area contributed by atoms with Crippen LogP contribution in [0.1, 0.15) is 118 Å². The molecule has 0 fully saturated rings. The minimum atomic E-state index is 0.239. The van der Waals surface area contributed by atoms with Gasteiger partial charge in [0.1, 0.15) is 0 Å². The summed E-state index contributed by atoms with van der Waals surface area (Å²) in [6.07, 6.45) is 16.2. The Balaban J connectivity index is 4.50. The average molecular weight is 401 g/mol. The molecule has 0 spiro atoms. The molecule has 0 aromatic rings. The molecular formula is C24H48O4. The number of ether oxygens (including phenoxy) is 4. The summed E-state index contributed by atoms with van der Waals surface area (Å²) in [5.41, 5.74) is 0. The summed E-state index contributed by atoms with van der Waals surface area (Å²) < 4.78 is 23.5. The normalized spacial score (nSPS) is 12.0. The molecule has 0 aliphatic heterocycles. The van der Waals surface area contributed by atoms with Gasteiger partial charge in [-0.25, -0.2) is 0 Å². The summed E-state index contributed by atoms with van der Waals surface area (Å²) >= 11 is 0. The summed E-state index contributed by atoms with van der Waals surface area (Å²) in [4.78, 5) is 0. The Bertz CT molecular complexity index is 341. The van der Waals surface area contributed by atoms with Crippen molar-refractivity contribution >= 4 is 0 Å². The number of rotatable bonds is 22. The molecule has 0 radical (unpaired) electrons. The molecule has 0 aromatic carbocycles. The lowest BCUT2D eigenvalue weighted by atomic mass is 10.2. The molecule has 0 rings (SSSR count). The van der Waals surface area contributed by atoms with E-state index in [2.05, 4.69) is 27.7 Å². The molecule has 0 aliphatic carbocycles. The maximum absolute atomic E-state index is 6.05. The van der Waals surface area contributed by atoms with Crippen molar-refractivity contribution in [2.24, 2.45) is 0 Å². The topological polar surface area (TPSA) is 36.9 Å². The summed E-state index contributed by atoms with van der Waals surface area (Å²) in [6.45, 7) is 11.2. The Labute approximate surface area is 175 Å². The summed E-state index contributed by atoms with van der Waals surface area (Å²) in [7, 11) is 0. The second-order valence-electron chi connectivity index (χ2n) is 7.51. The van der Waals surface area contributed by atoms with Crippen LogP contribution in [-0.2, 0) is 18.9 Å². The molecule has 0 amide bonds. The molecule has 4 nitrogen and oxygen atoms in total. The maximum Gasteiger partial charge on any atom is 0.321 e. The van der Waals surface area contributed by atoms with Gasteiger partial charge in [-0.3, -0.25) is 0 Å². The van der Waals surface area contributed by atoms with E-state index in [0.717, 1.165) is 51.1 Å². The summed E-state index contributed by atoms with van der Waals surface area (Å²) in [5.74, 6) is 1.39. The minimum Gasteiger partial charge on any atom is -0.491 e. The first-order chi connectivity index (χ1) is 13.8. The first-order valence-corrected chi connectivity index (χ1v) is 12.0. The van der Waals surface area contributed by atoms with E-state index in [1.807, 2.05) is 0 Å². The Hall–Kier alpha value is -0.900. The van der Waals surface area contributed by atoms with E-state index in [1.165, 1.54) is 57.8 Å². The highest BCUT2D eigenvalue weighted by Gasteiger charge is 2.12. The van der Waals surface area contributed by atoms with Gasteiger partial charge in [0.05, 0.1) is 19.8 Å². The fourth-order valence-corrected chi connectivity index (χ4v) is 2.87. The Morgan fingerprint density at radius 1 is 0.500 bits per heavy atom. The van der Waals surface area contributed by atoms with E-state index in [4.69, 9.17) is 18.9 Å². The van der Waals surface area contributed by atoms with Crippen LogP contribution in [-0.4, -0.2) is 26.6 Å². The monoisotopic (exact) mass is 400 g/mol. The third-order valence-corrected chi connectivity index (χ3v) is 4.63. The lowest BCUT2D eigenvalue weighted by Crippen LogP contribution is -2.10. The van der Waals surface area contributed by atoms with Gasteiger partial charge in [0.15, 0.2) is 12.6 Å². The molecule has 0 atom stereocenters. The largest absolute Gasteiger partial charge is 0.491 e. The van der Waals surface area contributed by atoms with E-state index < -0.39 is 0 Å². The highest BCUT2D eigenvalue weighted by atomic mass is 16.7. The Morgan fingerprint density at radius 3 is 1.57 bits per heavy atom. The molecule has 0 N–H and O–H groups in total. The van der Waals surface area contributed by atoms with Gasteiger partial charge in [-0.05, 0) is 25.7 Å². The zero-order chi connectivity index (χ0) is 20.7. The van der Waals surface area contributed by atoms with Crippen molar-refractivity contribution < 1.29 is 18.9 Å². The van der Waals surface area contributed by atoms with Gasteiger partial charge in [-0.1, -0.05) is 85.5 Å². The second kappa shape index (κ2) is 22.4. The van der Waals surface area contributed by atoms with Crippen LogP contribution in [0.2, 0.25) is 0 Å². The zero-order valence-electron chi connectivity index (χ0n) is 19.4. The minimum absolute atomic E-state index is 0.239. The smallest absolute Gasteiger partial charge is 0.321 e. The van der Waals surface area contributed by atoms with Crippen LogP contribution in [0.25, 0.3) is 0 Å². The van der Waals surface area contributed by atoms with Crippen molar-refractivity contribution in [3.8, 4) is 0 Å². The van der Waals surface area contributed by atoms with Crippen LogP contribution in [0, 0.1) is 0 Å². The average Bonchev–Trinajstić information content (AvgIpc) is 2.70. The van der Waals surface area contributed by atoms with Crippen LogP contribution < -0.4 is 0 Å². The highest BCUT2D eigenvalue weighted by molar-refractivity contribution is 4.95. The van der Waals surface area contributed by atoms with E-state index in [9.17, 15) is 0 Å². The number of unbranched alkanes of at least 4 members (excludes halogenated alkanes) is 9. The molecular weight excluding hydrogens is 352 g/mol. The lowest BCUT2D eigenvalue weighted by Gasteiger charge is -2.17. The van der Waals surface area contributed by atoms with E-state index in [0.29, 0.717) is 12.6 Å². The van der Waals surface area contributed by atoms with Crippen LogP contribution in [0.4, 0.5) is 0 Å². The first-order valence-electron chi connectivity index (χ1n) is 12.0. The number of hydrogen-bond acceptors (Lipinski definition) is 4. The van der Waals surface area contributed by atoms with E-state index >= 15 is 0 Å². The van der Waals surface area contributed by atoms with Gasteiger partial charge in [0, 0.05) is 6.42 Å². The Morgan fingerprint density at radius 2 is 1.04 bits per heavy atom. The molecule has 0 heterocycles. The fraction of sp³-hybridized carbons (Fsp3) is 0.917. The van der Waals surface area contributed by atoms with Gasteiger partial charge in [-0.2, -0.15) is 0 Å². The SMILES string of the molecule is CCCCCCOCOC(OCCCCCC)=C(CCC)OCCCCCC. The summed E-state index contributed by atoms with van der Waals surface area (Å²) in [6, 6.07) is 0. The predicted molar refractivity (Wildman–Crippen MR) is 118 cm³/mol. The Kier molecular flexibility index (Phi) is 21.7. The van der Waals surface area contributed by atoms with Gasteiger partial charge in [0.25, 0.3) is 0 Å². The molecule has 4 heteroatoms. The fourth-order valence-electron chi connectivity index (χ4n) is 2.87. The van der Waals surface area contributed by atoms with Crippen LogP contribution in [0.5, 0.6) is 0 Å². The summed E-state index contributed by atoms with van der Waals surface area (Å²) in [5, 5.41) is 0. The maximum atomic E-state index is 6.05. The molecule has 0 bridgehead atoms. The van der Waals surface area contributed by atoms with E-state index in [1.54, 1.807) is 0 Å². The van der Waals surface area contributed by atoms with Crippen LogP contribution in [0.3, 0.4) is 0 Å². The van der Waals surface area contributed by atoms with Crippen molar-refractivity contribution in [1.82, 2.24) is 0 Å². The first kappa shape index (κ1) is 27.1.